The maximum atomic E-state index is 12.8. The molecule has 3 aromatic rings. The molecule has 7 nitrogen and oxygen atoms in total. The Bertz CT molecular complexity index is 1180. The first kappa shape index (κ1) is 19.5. The summed E-state index contributed by atoms with van der Waals surface area (Å²) in [6.45, 7) is 0.0688. The number of aromatic carboxylic acids is 1. The summed E-state index contributed by atoms with van der Waals surface area (Å²) < 4.78 is 1.79. The monoisotopic (exact) mass is 421 g/mol. The molecule has 8 heteroatoms. The van der Waals surface area contributed by atoms with E-state index >= 15 is 0 Å². The van der Waals surface area contributed by atoms with Gasteiger partial charge < -0.3 is 15.0 Å². The summed E-state index contributed by atoms with van der Waals surface area (Å²) in [5.74, 6) is -1.46. The minimum absolute atomic E-state index is 0.0688. The van der Waals surface area contributed by atoms with Crippen LogP contribution in [0.25, 0.3) is 11.8 Å². The lowest BCUT2D eigenvalue weighted by Gasteiger charge is -2.12. The van der Waals surface area contributed by atoms with Crippen LogP contribution >= 0.6 is 11.6 Å². The highest BCUT2D eigenvalue weighted by Crippen LogP contribution is 2.22. The quantitative estimate of drug-likeness (QED) is 0.482. The number of carboxylic acids is 1. The normalized spacial score (nSPS) is 15.0. The summed E-state index contributed by atoms with van der Waals surface area (Å²) in [5.41, 5.74) is 2.38. The molecule has 2 N–H and O–H groups in total. The van der Waals surface area contributed by atoms with Crippen molar-refractivity contribution in [2.24, 2.45) is 0 Å². The van der Waals surface area contributed by atoms with Crippen LogP contribution < -0.4 is 5.32 Å². The zero-order valence-corrected chi connectivity index (χ0v) is 16.3. The van der Waals surface area contributed by atoms with Crippen molar-refractivity contribution < 1.29 is 19.5 Å². The second-order valence-electron chi connectivity index (χ2n) is 6.63. The van der Waals surface area contributed by atoms with Gasteiger partial charge in [-0.2, -0.15) is 0 Å². The molecule has 0 saturated carbocycles. The van der Waals surface area contributed by atoms with E-state index in [1.54, 1.807) is 65.4 Å². The van der Waals surface area contributed by atoms with Gasteiger partial charge in [0.05, 0.1) is 12.1 Å². The molecule has 2 heterocycles. The average molecular weight is 422 g/mol. The van der Waals surface area contributed by atoms with Crippen LogP contribution in [0.15, 0.2) is 72.6 Å². The lowest BCUT2D eigenvalue weighted by Crippen LogP contribution is -2.30. The fourth-order valence-corrected chi connectivity index (χ4v) is 3.37. The number of imide groups is 1. The van der Waals surface area contributed by atoms with Crippen molar-refractivity contribution in [3.05, 3.63) is 94.4 Å². The van der Waals surface area contributed by atoms with Crippen molar-refractivity contribution in [1.82, 2.24) is 14.8 Å². The van der Waals surface area contributed by atoms with Gasteiger partial charge in [0, 0.05) is 22.6 Å². The number of aromatic nitrogens is 1. The molecule has 1 aliphatic rings. The van der Waals surface area contributed by atoms with Crippen LogP contribution in [-0.4, -0.2) is 32.5 Å². The number of halogens is 1. The molecule has 3 amide bonds. The molecule has 2 aromatic carbocycles. The first-order valence-corrected chi connectivity index (χ1v) is 9.41. The van der Waals surface area contributed by atoms with Crippen LogP contribution in [0.4, 0.5) is 4.79 Å². The number of carbonyl (C=O) groups excluding carboxylic acids is 2. The molecular weight excluding hydrogens is 406 g/mol. The van der Waals surface area contributed by atoms with E-state index in [9.17, 15) is 14.4 Å². The Morgan fingerprint density at radius 3 is 2.47 bits per heavy atom. The van der Waals surface area contributed by atoms with E-state index < -0.39 is 17.9 Å². The maximum absolute atomic E-state index is 12.8. The van der Waals surface area contributed by atoms with Gasteiger partial charge >= 0.3 is 12.0 Å². The van der Waals surface area contributed by atoms with Gasteiger partial charge in [-0.05, 0) is 54.1 Å². The van der Waals surface area contributed by atoms with Gasteiger partial charge in [-0.25, -0.2) is 9.59 Å². The zero-order chi connectivity index (χ0) is 21.3. The van der Waals surface area contributed by atoms with Crippen molar-refractivity contribution in [3.63, 3.8) is 0 Å². The fraction of sp³-hybridized carbons (Fsp3) is 0.0455. The van der Waals surface area contributed by atoms with Crippen LogP contribution in [0, 0.1) is 0 Å². The summed E-state index contributed by atoms with van der Waals surface area (Å²) in [4.78, 5) is 37.3. The Balaban J connectivity index is 1.60. The number of carboxylic acid groups (broad SMARTS) is 1. The number of hydrogen-bond acceptors (Lipinski definition) is 3. The number of amides is 3. The topological polar surface area (TPSA) is 91.6 Å². The molecule has 1 aromatic heterocycles. The number of nitrogens with one attached hydrogen (secondary N) is 1. The highest BCUT2D eigenvalue weighted by molar-refractivity contribution is 6.31. The molecule has 0 aliphatic carbocycles. The van der Waals surface area contributed by atoms with Gasteiger partial charge in [-0.1, -0.05) is 29.8 Å². The van der Waals surface area contributed by atoms with Crippen LogP contribution in [0.3, 0.4) is 0 Å². The second kappa shape index (κ2) is 7.88. The van der Waals surface area contributed by atoms with Crippen molar-refractivity contribution in [2.75, 3.05) is 0 Å². The van der Waals surface area contributed by atoms with Gasteiger partial charge in [0.15, 0.2) is 0 Å². The van der Waals surface area contributed by atoms with E-state index in [4.69, 9.17) is 16.7 Å². The molecule has 4 rings (SSSR count). The zero-order valence-electron chi connectivity index (χ0n) is 15.6. The number of hydrogen-bond donors (Lipinski definition) is 2. The molecule has 0 radical (unpaired) electrons. The summed E-state index contributed by atoms with van der Waals surface area (Å²) >= 11 is 6.14. The molecule has 1 aliphatic heterocycles. The van der Waals surface area contributed by atoms with E-state index in [-0.39, 0.29) is 17.8 Å². The smallest absolute Gasteiger partial charge is 0.335 e. The first-order valence-electron chi connectivity index (χ1n) is 9.03. The van der Waals surface area contributed by atoms with Crippen LogP contribution in [0.2, 0.25) is 5.02 Å². The predicted molar refractivity (Wildman–Crippen MR) is 111 cm³/mol. The first-order chi connectivity index (χ1) is 14.4. The predicted octanol–water partition coefficient (Wildman–Crippen LogP) is 3.92. The van der Waals surface area contributed by atoms with E-state index in [0.29, 0.717) is 16.3 Å². The standard InChI is InChI=1S/C22H16ClN3O4/c23-18-6-2-1-4-15(18)13-26-20(27)19(24-22(26)30)12-17-5-3-11-25(17)16-9-7-14(8-10-16)21(28)29/h1-12H,13H2,(H,24,30)(H,28,29)/b19-12-. The molecule has 30 heavy (non-hydrogen) atoms. The summed E-state index contributed by atoms with van der Waals surface area (Å²) in [6, 6.07) is 16.4. The third kappa shape index (κ3) is 3.70. The van der Waals surface area contributed by atoms with Crippen LogP contribution in [0.1, 0.15) is 21.6 Å². The lowest BCUT2D eigenvalue weighted by atomic mass is 10.2. The molecule has 1 saturated heterocycles. The Morgan fingerprint density at radius 1 is 1.03 bits per heavy atom. The lowest BCUT2D eigenvalue weighted by molar-refractivity contribution is -0.123. The van der Waals surface area contributed by atoms with E-state index in [1.165, 1.54) is 12.1 Å². The molecular formula is C22H16ClN3O4. The summed E-state index contributed by atoms with van der Waals surface area (Å²) in [7, 11) is 0. The Morgan fingerprint density at radius 2 is 1.77 bits per heavy atom. The number of urea groups is 1. The Kier molecular flexibility index (Phi) is 5.12. The SMILES string of the molecule is O=C(O)c1ccc(-n2cccc2/C=C2\NC(=O)N(Cc3ccccc3Cl)C2=O)cc1. The Hall–Kier alpha value is -3.84. The number of carbonyl (C=O) groups is 3. The molecule has 0 bridgehead atoms. The molecule has 0 atom stereocenters. The number of nitrogens with zero attached hydrogens (tertiary/aromatic N) is 2. The fourth-order valence-electron chi connectivity index (χ4n) is 3.17. The van der Waals surface area contributed by atoms with E-state index in [2.05, 4.69) is 5.32 Å². The molecule has 0 unspecified atom stereocenters. The second-order valence-corrected chi connectivity index (χ2v) is 7.03. The van der Waals surface area contributed by atoms with Crippen molar-refractivity contribution in [3.8, 4) is 5.69 Å². The number of benzene rings is 2. The molecule has 1 fully saturated rings. The average Bonchev–Trinajstić information content (AvgIpc) is 3.30. The van der Waals surface area contributed by atoms with E-state index in [1.807, 2.05) is 0 Å². The third-order valence-corrected chi connectivity index (χ3v) is 5.08. The summed E-state index contributed by atoms with van der Waals surface area (Å²) in [5, 5.41) is 12.1. The minimum Gasteiger partial charge on any atom is -0.478 e. The summed E-state index contributed by atoms with van der Waals surface area (Å²) in [6.07, 6.45) is 3.36. The number of rotatable bonds is 5. The third-order valence-electron chi connectivity index (χ3n) is 4.71. The van der Waals surface area contributed by atoms with Crippen molar-refractivity contribution in [2.45, 2.75) is 6.54 Å². The highest BCUT2D eigenvalue weighted by atomic mass is 35.5. The van der Waals surface area contributed by atoms with Gasteiger partial charge in [-0.15, -0.1) is 0 Å². The van der Waals surface area contributed by atoms with Crippen LogP contribution in [0.5, 0.6) is 0 Å². The van der Waals surface area contributed by atoms with Gasteiger partial charge in [0.25, 0.3) is 5.91 Å². The maximum Gasteiger partial charge on any atom is 0.335 e. The van der Waals surface area contributed by atoms with Gasteiger partial charge in [0.2, 0.25) is 0 Å². The molecule has 0 spiro atoms. The van der Waals surface area contributed by atoms with Crippen molar-refractivity contribution in [1.29, 1.82) is 0 Å². The largest absolute Gasteiger partial charge is 0.478 e. The van der Waals surface area contributed by atoms with E-state index in [0.717, 1.165) is 10.6 Å². The Labute approximate surface area is 176 Å². The van der Waals surface area contributed by atoms with Crippen molar-refractivity contribution >= 4 is 35.6 Å². The van der Waals surface area contributed by atoms with Crippen LogP contribution in [-0.2, 0) is 11.3 Å². The minimum atomic E-state index is -1.01. The highest BCUT2D eigenvalue weighted by Gasteiger charge is 2.34. The van der Waals surface area contributed by atoms with Gasteiger partial charge in [-0.3, -0.25) is 9.69 Å². The molecule has 150 valence electrons. The van der Waals surface area contributed by atoms with Gasteiger partial charge in [0.1, 0.15) is 5.70 Å².